The monoisotopic (exact) mass is 215 g/mol. The number of halogens is 2. The molecule has 0 fully saturated rings. The van der Waals surface area contributed by atoms with Crippen molar-refractivity contribution in [2.24, 2.45) is 0 Å². The van der Waals surface area contributed by atoms with Crippen LogP contribution in [0.25, 0.3) is 0 Å². The second-order valence-corrected chi connectivity index (χ2v) is 3.78. The highest BCUT2D eigenvalue weighted by atomic mass is 35.5. The first kappa shape index (κ1) is 10.4. The highest BCUT2D eigenvalue weighted by Gasteiger charge is 1.99. The van der Waals surface area contributed by atoms with Crippen LogP contribution in [0.4, 0.5) is 5.69 Å². The molecule has 0 bridgehead atoms. The quantitative estimate of drug-likeness (QED) is 0.753. The van der Waals surface area contributed by atoms with Gasteiger partial charge >= 0.3 is 0 Å². The van der Waals surface area contributed by atoms with Crippen molar-refractivity contribution in [1.29, 1.82) is 0 Å². The fourth-order valence-corrected chi connectivity index (χ4v) is 1.35. The topological polar surface area (TPSA) is 12.0 Å². The van der Waals surface area contributed by atoms with Crippen LogP contribution in [0.5, 0.6) is 0 Å². The number of rotatable bonds is 3. The molecule has 13 heavy (non-hydrogen) atoms. The summed E-state index contributed by atoms with van der Waals surface area (Å²) in [4.78, 5) is 0. The van der Waals surface area contributed by atoms with E-state index in [2.05, 4.69) is 11.9 Å². The third kappa shape index (κ3) is 3.29. The summed E-state index contributed by atoms with van der Waals surface area (Å²) in [6.07, 6.45) is 0. The molecule has 0 spiro atoms. The second-order valence-electron chi connectivity index (χ2n) is 2.93. The summed E-state index contributed by atoms with van der Waals surface area (Å²) in [6.45, 7) is 6.46. The van der Waals surface area contributed by atoms with E-state index in [-0.39, 0.29) is 0 Å². The Morgan fingerprint density at radius 1 is 1.46 bits per heavy atom. The molecule has 0 radical (unpaired) electrons. The van der Waals surface area contributed by atoms with Crippen molar-refractivity contribution >= 4 is 28.9 Å². The lowest BCUT2D eigenvalue weighted by molar-refractivity contribution is 1.22. The predicted molar refractivity (Wildman–Crippen MR) is 59.8 cm³/mol. The van der Waals surface area contributed by atoms with E-state index in [0.717, 1.165) is 17.8 Å². The zero-order valence-electron chi connectivity index (χ0n) is 7.40. The minimum atomic E-state index is 0.633. The summed E-state index contributed by atoms with van der Waals surface area (Å²) in [5, 5.41) is 4.43. The number of anilines is 1. The van der Waals surface area contributed by atoms with Gasteiger partial charge in [-0.2, -0.15) is 0 Å². The molecule has 0 atom stereocenters. The first-order valence-corrected chi connectivity index (χ1v) is 4.68. The van der Waals surface area contributed by atoms with Gasteiger partial charge in [-0.25, -0.2) is 0 Å². The van der Waals surface area contributed by atoms with Gasteiger partial charge < -0.3 is 5.32 Å². The van der Waals surface area contributed by atoms with Crippen LogP contribution in [-0.2, 0) is 0 Å². The maximum absolute atomic E-state index is 5.94. The van der Waals surface area contributed by atoms with E-state index >= 15 is 0 Å². The van der Waals surface area contributed by atoms with Gasteiger partial charge in [-0.1, -0.05) is 35.4 Å². The standard InChI is InChI=1S/C10H11Cl2N/c1-7(2)6-13-10-4-3-8(11)5-9(10)12/h3-5,13H,1,6H2,2H3. The molecule has 1 aromatic rings. The minimum absolute atomic E-state index is 0.633. The Morgan fingerprint density at radius 3 is 2.69 bits per heavy atom. The van der Waals surface area contributed by atoms with Gasteiger partial charge in [-0.3, -0.25) is 0 Å². The molecule has 1 N–H and O–H groups in total. The van der Waals surface area contributed by atoms with Crippen LogP contribution in [0.3, 0.4) is 0 Å². The lowest BCUT2D eigenvalue weighted by Crippen LogP contribution is -2.01. The van der Waals surface area contributed by atoms with Crippen LogP contribution >= 0.6 is 23.2 Å². The normalized spacial score (nSPS) is 9.77. The summed E-state index contributed by atoms with van der Waals surface area (Å²) in [7, 11) is 0. The van der Waals surface area contributed by atoms with E-state index in [1.165, 1.54) is 0 Å². The van der Waals surface area contributed by atoms with Crippen LogP contribution in [0.1, 0.15) is 6.92 Å². The number of benzene rings is 1. The average molecular weight is 216 g/mol. The van der Waals surface area contributed by atoms with Gasteiger partial charge in [0, 0.05) is 11.6 Å². The molecule has 0 heterocycles. The van der Waals surface area contributed by atoms with Crippen molar-refractivity contribution in [1.82, 2.24) is 0 Å². The summed E-state index contributed by atoms with van der Waals surface area (Å²) in [6, 6.07) is 5.37. The highest BCUT2D eigenvalue weighted by molar-refractivity contribution is 6.36. The van der Waals surface area contributed by atoms with E-state index in [0.29, 0.717) is 10.0 Å². The Hall–Kier alpha value is -0.660. The predicted octanol–water partition coefficient (Wildman–Crippen LogP) is 3.98. The van der Waals surface area contributed by atoms with Gasteiger partial charge in [0.05, 0.1) is 10.7 Å². The lowest BCUT2D eigenvalue weighted by atomic mass is 10.3. The Bertz CT molecular complexity index is 321. The van der Waals surface area contributed by atoms with Crippen LogP contribution in [0.2, 0.25) is 10.0 Å². The number of nitrogens with one attached hydrogen (secondary N) is 1. The smallest absolute Gasteiger partial charge is 0.0652 e. The summed E-state index contributed by atoms with van der Waals surface area (Å²) in [5.74, 6) is 0. The first-order valence-electron chi connectivity index (χ1n) is 3.93. The zero-order valence-corrected chi connectivity index (χ0v) is 8.91. The molecule has 0 aliphatic rings. The number of hydrogen-bond acceptors (Lipinski definition) is 1. The van der Waals surface area contributed by atoms with Crippen molar-refractivity contribution in [2.75, 3.05) is 11.9 Å². The van der Waals surface area contributed by atoms with Crippen molar-refractivity contribution in [3.05, 3.63) is 40.4 Å². The molecule has 3 heteroatoms. The first-order chi connectivity index (χ1) is 6.09. The van der Waals surface area contributed by atoms with Gasteiger partial charge in [-0.15, -0.1) is 0 Å². The van der Waals surface area contributed by atoms with Crippen molar-refractivity contribution < 1.29 is 0 Å². The van der Waals surface area contributed by atoms with Crippen LogP contribution in [-0.4, -0.2) is 6.54 Å². The molecular formula is C10H11Cl2N. The third-order valence-electron chi connectivity index (χ3n) is 1.51. The Balaban J connectivity index is 2.72. The molecule has 0 aromatic heterocycles. The lowest BCUT2D eigenvalue weighted by Gasteiger charge is -2.07. The van der Waals surface area contributed by atoms with Crippen molar-refractivity contribution in [3.8, 4) is 0 Å². The largest absolute Gasteiger partial charge is 0.380 e. The Kier molecular flexibility index (Phi) is 3.64. The van der Waals surface area contributed by atoms with Gasteiger partial charge in [0.2, 0.25) is 0 Å². The van der Waals surface area contributed by atoms with Gasteiger partial charge in [0.1, 0.15) is 0 Å². The van der Waals surface area contributed by atoms with E-state index in [1.54, 1.807) is 12.1 Å². The molecule has 0 aliphatic carbocycles. The maximum atomic E-state index is 5.94. The SMILES string of the molecule is C=C(C)CNc1ccc(Cl)cc1Cl. The van der Waals surface area contributed by atoms with Crippen LogP contribution < -0.4 is 5.32 Å². The maximum Gasteiger partial charge on any atom is 0.0652 e. The van der Waals surface area contributed by atoms with E-state index in [4.69, 9.17) is 23.2 Å². The van der Waals surface area contributed by atoms with Gasteiger partial charge in [-0.05, 0) is 25.1 Å². The minimum Gasteiger partial charge on any atom is -0.380 e. The molecule has 1 aromatic carbocycles. The molecule has 70 valence electrons. The molecule has 0 aliphatic heterocycles. The second kappa shape index (κ2) is 4.54. The van der Waals surface area contributed by atoms with Gasteiger partial charge in [0.25, 0.3) is 0 Å². The molecular weight excluding hydrogens is 205 g/mol. The highest BCUT2D eigenvalue weighted by Crippen LogP contribution is 2.25. The number of hydrogen-bond donors (Lipinski definition) is 1. The Labute approximate surface area is 88.4 Å². The van der Waals surface area contributed by atoms with Crippen LogP contribution in [0, 0.1) is 0 Å². The molecule has 0 saturated carbocycles. The average Bonchev–Trinajstić information content (AvgIpc) is 2.02. The van der Waals surface area contributed by atoms with Crippen molar-refractivity contribution in [3.63, 3.8) is 0 Å². The van der Waals surface area contributed by atoms with Gasteiger partial charge in [0.15, 0.2) is 0 Å². The molecule has 0 saturated heterocycles. The van der Waals surface area contributed by atoms with E-state index in [9.17, 15) is 0 Å². The fourth-order valence-electron chi connectivity index (χ4n) is 0.879. The Morgan fingerprint density at radius 2 is 2.15 bits per heavy atom. The molecule has 1 nitrogen and oxygen atoms in total. The molecule has 1 rings (SSSR count). The summed E-state index contributed by atoms with van der Waals surface area (Å²) < 4.78 is 0. The summed E-state index contributed by atoms with van der Waals surface area (Å²) in [5.41, 5.74) is 1.94. The van der Waals surface area contributed by atoms with Crippen molar-refractivity contribution in [2.45, 2.75) is 6.92 Å². The summed E-state index contributed by atoms with van der Waals surface area (Å²) >= 11 is 11.7. The fraction of sp³-hybridized carbons (Fsp3) is 0.200. The molecule has 0 amide bonds. The third-order valence-corrected chi connectivity index (χ3v) is 2.06. The van der Waals surface area contributed by atoms with E-state index < -0.39 is 0 Å². The van der Waals surface area contributed by atoms with E-state index in [1.807, 2.05) is 13.0 Å². The zero-order chi connectivity index (χ0) is 9.84. The van der Waals surface area contributed by atoms with Crippen LogP contribution in [0.15, 0.2) is 30.4 Å². The molecule has 0 unspecified atom stereocenters.